The van der Waals surface area contributed by atoms with Gasteiger partial charge in [-0.3, -0.25) is 19.4 Å². The predicted molar refractivity (Wildman–Crippen MR) is 210 cm³/mol. The van der Waals surface area contributed by atoms with Crippen LogP contribution in [0.25, 0.3) is 23.5 Å². The van der Waals surface area contributed by atoms with Gasteiger partial charge in [0.25, 0.3) is 11.8 Å². The van der Waals surface area contributed by atoms with Gasteiger partial charge in [0.1, 0.15) is 11.4 Å². The molecule has 4 aliphatic rings. The molecule has 6 nitrogen and oxygen atoms in total. The number of rotatable bonds is 22. The normalized spacial score (nSPS) is 15.8. The fourth-order valence-corrected chi connectivity index (χ4v) is 9.16. The van der Waals surface area contributed by atoms with Crippen molar-refractivity contribution in [1.29, 1.82) is 0 Å². The van der Waals surface area contributed by atoms with E-state index in [0.29, 0.717) is 43.4 Å². The molecule has 0 saturated carbocycles. The van der Waals surface area contributed by atoms with Crippen molar-refractivity contribution in [3.63, 3.8) is 0 Å². The summed E-state index contributed by atoms with van der Waals surface area (Å²) >= 11 is 7.36. The average molecular weight is 811 g/mol. The lowest BCUT2D eigenvalue weighted by molar-refractivity contribution is -0.122. The first-order valence-corrected chi connectivity index (χ1v) is 21.2. The Labute approximate surface area is 315 Å². The third-order valence-electron chi connectivity index (χ3n) is 10.8. The van der Waals surface area contributed by atoms with E-state index in [2.05, 4.69) is 45.7 Å². The lowest BCUT2D eigenvalue weighted by Gasteiger charge is -2.23. The van der Waals surface area contributed by atoms with Gasteiger partial charge in [-0.05, 0) is 69.7 Å². The molecule has 0 aromatic carbocycles. The number of amides is 2. The molecule has 0 spiro atoms. The average Bonchev–Trinajstić information content (AvgIpc) is 3.80. The minimum atomic E-state index is -0.225. The molecule has 6 rings (SSSR count). The van der Waals surface area contributed by atoms with Crippen molar-refractivity contribution < 1.29 is 18.4 Å². The van der Waals surface area contributed by atoms with Gasteiger partial charge in [0.2, 0.25) is 0 Å². The maximum atomic E-state index is 14.0. The third kappa shape index (κ3) is 7.77. The van der Waals surface area contributed by atoms with Crippen LogP contribution in [0.15, 0.2) is 41.7 Å². The van der Waals surface area contributed by atoms with Crippen molar-refractivity contribution >= 4 is 67.2 Å². The molecular formula is C42H54Br2N2O4. The van der Waals surface area contributed by atoms with Crippen molar-refractivity contribution in [3.8, 4) is 0 Å². The fraction of sp³-hybridized carbons (Fsp3) is 0.571. The summed E-state index contributed by atoms with van der Waals surface area (Å²) in [6.07, 6.45) is 35.0. The van der Waals surface area contributed by atoms with Gasteiger partial charge in [0.05, 0.1) is 11.1 Å². The van der Waals surface area contributed by atoms with E-state index in [-0.39, 0.29) is 11.8 Å². The maximum absolute atomic E-state index is 14.0. The number of hydrogen-bond donors (Lipinski definition) is 0. The minimum absolute atomic E-state index is 0.225. The summed E-state index contributed by atoms with van der Waals surface area (Å²) in [5, 5.41) is 0. The van der Waals surface area contributed by atoms with Gasteiger partial charge in [-0.2, -0.15) is 0 Å². The van der Waals surface area contributed by atoms with E-state index < -0.39 is 0 Å². The quantitative estimate of drug-likeness (QED) is 0.111. The lowest BCUT2D eigenvalue weighted by atomic mass is 9.98. The number of unbranched alkanes of at least 4 members (excludes halogenated alkanes) is 18. The summed E-state index contributed by atoms with van der Waals surface area (Å²) in [6.45, 7) is 4.53. The number of furan rings is 2. The highest BCUT2D eigenvalue weighted by Crippen LogP contribution is 2.53. The molecule has 0 bridgehead atoms. The highest BCUT2D eigenvalue weighted by molar-refractivity contribution is 9.10. The summed E-state index contributed by atoms with van der Waals surface area (Å²) in [5.41, 5.74) is 5.99. The number of halogens is 2. The molecule has 4 aliphatic heterocycles. The Morgan fingerprint density at radius 3 is 1.16 bits per heavy atom. The standard InChI is InChI=1S/C42H54Br2N2O4/c1-3-5-7-9-11-13-15-17-19-21-23-31-29-25-27-45-35(37(29)49-39(31)43)33-34(42(45)48)36-38-30(26-28-46(36)41(33)47)32(40(44)50-38)24-22-20-18-16-14-12-10-8-6-4-2/h25-28H,3-24H2,1-2H3. The summed E-state index contributed by atoms with van der Waals surface area (Å²) in [6, 6.07) is 0. The number of carbonyl (C=O) groups excluding carboxylic acids is 2. The number of hydrogen-bond acceptors (Lipinski definition) is 4. The van der Waals surface area contributed by atoms with Crippen molar-refractivity contribution in [3.05, 3.63) is 66.7 Å². The second kappa shape index (κ2) is 17.8. The molecule has 0 fully saturated rings. The van der Waals surface area contributed by atoms with Gasteiger partial charge in [0.15, 0.2) is 20.9 Å². The van der Waals surface area contributed by atoms with Gasteiger partial charge in [0, 0.05) is 34.7 Å². The number of carbonyl (C=O) groups is 2. The van der Waals surface area contributed by atoms with E-state index in [9.17, 15) is 9.59 Å². The lowest BCUT2D eigenvalue weighted by Crippen LogP contribution is -2.26. The van der Waals surface area contributed by atoms with Gasteiger partial charge < -0.3 is 8.83 Å². The van der Waals surface area contributed by atoms with Crippen molar-refractivity contribution in [1.82, 2.24) is 9.80 Å². The minimum Gasteiger partial charge on any atom is -0.447 e. The van der Waals surface area contributed by atoms with E-state index in [1.165, 1.54) is 116 Å². The summed E-state index contributed by atoms with van der Waals surface area (Å²) < 4.78 is 14.0. The second-order valence-electron chi connectivity index (χ2n) is 14.5. The Hall–Kier alpha value is -2.58. The van der Waals surface area contributed by atoms with E-state index in [0.717, 1.165) is 47.9 Å². The first-order valence-electron chi connectivity index (χ1n) is 19.6. The van der Waals surface area contributed by atoms with Crippen LogP contribution >= 0.6 is 31.9 Å². The molecule has 0 atom stereocenters. The van der Waals surface area contributed by atoms with Gasteiger partial charge in [-0.25, -0.2) is 0 Å². The SMILES string of the molecule is CCCCCCCCCCCCc1c(Br)oc2c1C=CN1C(=O)C3=C4c5oc(Br)c(CCCCCCCCCCCC)c5C=CN4C(=O)C3=C21. The first-order chi connectivity index (χ1) is 24.5. The van der Waals surface area contributed by atoms with Gasteiger partial charge >= 0.3 is 0 Å². The Morgan fingerprint density at radius 2 is 0.820 bits per heavy atom. The van der Waals surface area contributed by atoms with Crippen LogP contribution in [0.4, 0.5) is 0 Å². The van der Waals surface area contributed by atoms with Crippen molar-refractivity contribution in [2.24, 2.45) is 0 Å². The second-order valence-corrected chi connectivity index (χ2v) is 15.9. The molecular weight excluding hydrogens is 756 g/mol. The fourth-order valence-electron chi connectivity index (χ4n) is 8.01. The smallest absolute Gasteiger partial charge is 0.265 e. The number of nitrogens with zero attached hydrogens (tertiary/aromatic N) is 2. The monoisotopic (exact) mass is 808 g/mol. The molecule has 270 valence electrons. The van der Waals surface area contributed by atoms with Crippen LogP contribution in [-0.4, -0.2) is 21.6 Å². The van der Waals surface area contributed by atoms with E-state index in [1.54, 1.807) is 22.2 Å². The van der Waals surface area contributed by atoms with Gasteiger partial charge in [-0.15, -0.1) is 0 Å². The summed E-state index contributed by atoms with van der Waals surface area (Å²) in [4.78, 5) is 31.2. The first kappa shape index (κ1) is 37.2. The molecule has 2 aromatic heterocycles. The van der Waals surface area contributed by atoms with Crippen LogP contribution in [0.5, 0.6) is 0 Å². The zero-order chi connectivity index (χ0) is 35.0. The summed E-state index contributed by atoms with van der Waals surface area (Å²) in [7, 11) is 0. The molecule has 8 heteroatoms. The third-order valence-corrected chi connectivity index (χ3v) is 12.1. The van der Waals surface area contributed by atoms with E-state index in [4.69, 9.17) is 8.83 Å². The van der Waals surface area contributed by atoms with Crippen LogP contribution in [0.2, 0.25) is 0 Å². The Kier molecular flexibility index (Phi) is 13.2. The zero-order valence-electron chi connectivity index (χ0n) is 30.1. The number of fused-ring (bicyclic) bond motifs is 7. The van der Waals surface area contributed by atoms with Crippen molar-refractivity contribution in [2.75, 3.05) is 0 Å². The van der Waals surface area contributed by atoms with Crippen LogP contribution in [0, 0.1) is 0 Å². The van der Waals surface area contributed by atoms with Gasteiger partial charge in [-0.1, -0.05) is 129 Å². The van der Waals surface area contributed by atoms with Crippen LogP contribution < -0.4 is 0 Å². The molecule has 0 unspecified atom stereocenters. The van der Waals surface area contributed by atoms with E-state index >= 15 is 0 Å². The molecule has 6 heterocycles. The van der Waals surface area contributed by atoms with E-state index in [1.807, 2.05) is 12.2 Å². The molecule has 0 N–H and O–H groups in total. The van der Waals surface area contributed by atoms with Crippen LogP contribution in [0.1, 0.15) is 176 Å². The van der Waals surface area contributed by atoms with Crippen LogP contribution in [-0.2, 0) is 22.4 Å². The largest absolute Gasteiger partial charge is 0.447 e. The van der Waals surface area contributed by atoms with Crippen LogP contribution in [0.3, 0.4) is 0 Å². The highest BCUT2D eigenvalue weighted by atomic mass is 79.9. The summed E-state index contributed by atoms with van der Waals surface area (Å²) in [5.74, 6) is 0.716. The maximum Gasteiger partial charge on any atom is 0.265 e. The topological polar surface area (TPSA) is 66.9 Å². The predicted octanol–water partition coefficient (Wildman–Crippen LogP) is 13.1. The van der Waals surface area contributed by atoms with Crippen molar-refractivity contribution in [2.45, 2.75) is 155 Å². The molecule has 50 heavy (non-hydrogen) atoms. The molecule has 0 radical (unpaired) electrons. The Morgan fingerprint density at radius 1 is 0.500 bits per heavy atom. The molecule has 0 aliphatic carbocycles. The molecule has 0 saturated heterocycles. The Balaban J connectivity index is 1.12. The highest BCUT2D eigenvalue weighted by Gasteiger charge is 2.52. The molecule has 2 amide bonds. The Bertz CT molecular complexity index is 1550. The molecule has 2 aromatic rings. The zero-order valence-corrected chi connectivity index (χ0v) is 33.3.